The van der Waals surface area contributed by atoms with E-state index in [1.54, 1.807) is 24.3 Å². The fourth-order valence-corrected chi connectivity index (χ4v) is 6.32. The van der Waals surface area contributed by atoms with Crippen LogP contribution in [0.1, 0.15) is 33.3 Å². The number of rotatable bonds is 1. The van der Waals surface area contributed by atoms with Gasteiger partial charge in [-0.3, -0.25) is 14.6 Å². The van der Waals surface area contributed by atoms with Crippen LogP contribution in [-0.2, 0) is 0 Å². The SMILES string of the molecule is CC(N)CN.Cc1cnc2c3ccc(Br)cc3c3cc(Br)ccc3c2n1.O=C1C(=O)c2ccc(Br)cc2-c2cc(Br)ccc21. The molecule has 10 heteroatoms. The summed E-state index contributed by atoms with van der Waals surface area (Å²) in [4.78, 5) is 33.3. The average molecular weight is 842 g/mol. The quantitative estimate of drug-likeness (QED) is 0.126. The largest absolute Gasteiger partial charge is 0.329 e. The van der Waals surface area contributed by atoms with E-state index in [0.29, 0.717) is 17.7 Å². The third-order valence-corrected chi connectivity index (χ3v) is 8.95. The van der Waals surface area contributed by atoms with E-state index in [4.69, 9.17) is 16.5 Å². The minimum absolute atomic E-state index is 0.162. The molecule has 44 heavy (non-hydrogen) atoms. The van der Waals surface area contributed by atoms with Crippen LogP contribution in [0.15, 0.2) is 96.9 Å². The minimum atomic E-state index is -0.438. The van der Waals surface area contributed by atoms with Gasteiger partial charge in [0.25, 0.3) is 0 Å². The summed E-state index contributed by atoms with van der Waals surface area (Å²) in [6.45, 7) is 4.43. The third-order valence-electron chi connectivity index (χ3n) is 6.98. The lowest BCUT2D eigenvalue weighted by atomic mass is 9.84. The lowest BCUT2D eigenvalue weighted by Crippen LogP contribution is -2.25. The molecule has 7 rings (SSSR count). The van der Waals surface area contributed by atoms with Gasteiger partial charge in [0.15, 0.2) is 0 Å². The second-order valence-corrected chi connectivity index (χ2v) is 14.0. The van der Waals surface area contributed by atoms with Crippen molar-refractivity contribution in [2.24, 2.45) is 11.5 Å². The first-order chi connectivity index (χ1) is 21.0. The first-order valence-corrected chi connectivity index (χ1v) is 16.7. The molecule has 1 atom stereocenters. The minimum Gasteiger partial charge on any atom is -0.329 e. The van der Waals surface area contributed by atoms with Gasteiger partial charge in [0.1, 0.15) is 0 Å². The summed E-state index contributed by atoms with van der Waals surface area (Å²) < 4.78 is 3.90. The van der Waals surface area contributed by atoms with Gasteiger partial charge in [-0.15, -0.1) is 0 Å². The van der Waals surface area contributed by atoms with Crippen molar-refractivity contribution in [3.8, 4) is 11.1 Å². The maximum absolute atomic E-state index is 12.0. The molecule has 0 spiro atoms. The van der Waals surface area contributed by atoms with E-state index in [0.717, 1.165) is 56.5 Å². The Hall–Kier alpha value is -2.86. The highest BCUT2D eigenvalue weighted by Gasteiger charge is 2.30. The number of hydrogen-bond donors (Lipinski definition) is 2. The van der Waals surface area contributed by atoms with Crippen LogP contribution in [0.4, 0.5) is 0 Å². The number of hydrogen-bond acceptors (Lipinski definition) is 6. The maximum Gasteiger partial charge on any atom is 0.234 e. The maximum atomic E-state index is 12.0. The Morgan fingerprint density at radius 1 is 0.636 bits per heavy atom. The Balaban J connectivity index is 0.000000153. The zero-order valence-electron chi connectivity index (χ0n) is 23.7. The molecule has 4 N–H and O–H groups in total. The van der Waals surface area contributed by atoms with Crippen LogP contribution in [0, 0.1) is 6.92 Å². The van der Waals surface area contributed by atoms with Gasteiger partial charge in [-0.05, 0) is 96.4 Å². The third kappa shape index (κ3) is 6.71. The van der Waals surface area contributed by atoms with E-state index >= 15 is 0 Å². The summed E-state index contributed by atoms with van der Waals surface area (Å²) in [5.41, 5.74) is 15.6. The Morgan fingerprint density at radius 2 is 1.05 bits per heavy atom. The van der Waals surface area contributed by atoms with Gasteiger partial charge >= 0.3 is 0 Å². The van der Waals surface area contributed by atoms with E-state index in [1.165, 1.54) is 10.8 Å². The van der Waals surface area contributed by atoms with Gasteiger partial charge in [-0.1, -0.05) is 75.9 Å². The molecule has 6 nitrogen and oxygen atoms in total. The summed E-state index contributed by atoms with van der Waals surface area (Å²) >= 11 is 13.9. The highest BCUT2D eigenvalue weighted by molar-refractivity contribution is 9.11. The van der Waals surface area contributed by atoms with Crippen LogP contribution < -0.4 is 11.5 Å². The van der Waals surface area contributed by atoms with Crippen molar-refractivity contribution in [3.63, 3.8) is 0 Å². The Morgan fingerprint density at radius 3 is 1.50 bits per heavy atom. The zero-order chi connectivity index (χ0) is 31.7. The summed E-state index contributed by atoms with van der Waals surface area (Å²) in [7, 11) is 0. The number of fused-ring (bicyclic) bond motifs is 9. The van der Waals surface area contributed by atoms with Crippen LogP contribution in [-0.4, -0.2) is 34.1 Å². The highest BCUT2D eigenvalue weighted by atomic mass is 79.9. The fraction of sp³-hybridized carbons (Fsp3) is 0.118. The van der Waals surface area contributed by atoms with Crippen LogP contribution >= 0.6 is 63.7 Å². The topological polar surface area (TPSA) is 112 Å². The molecule has 0 saturated carbocycles. The first-order valence-electron chi connectivity index (χ1n) is 13.6. The predicted molar refractivity (Wildman–Crippen MR) is 193 cm³/mol. The number of carbonyl (C=O) groups is 2. The molecular weight excluding hydrogens is 816 g/mol. The molecule has 1 heterocycles. The fourth-order valence-electron chi connectivity index (χ4n) is 4.87. The number of nitrogens with zero attached hydrogens (tertiary/aromatic N) is 2. The number of Topliss-reactive ketones (excluding diaryl/α,β-unsaturated/α-hetero) is 2. The molecule has 6 aromatic rings. The molecule has 1 aliphatic rings. The second-order valence-electron chi connectivity index (χ2n) is 10.3. The van der Waals surface area contributed by atoms with Crippen molar-refractivity contribution < 1.29 is 9.59 Å². The average Bonchev–Trinajstić information content (AvgIpc) is 3.00. The van der Waals surface area contributed by atoms with Gasteiger partial charge in [-0.2, -0.15) is 0 Å². The van der Waals surface area contributed by atoms with E-state index in [9.17, 15) is 9.59 Å². The van der Waals surface area contributed by atoms with Gasteiger partial charge in [0.2, 0.25) is 11.6 Å². The number of carbonyl (C=O) groups excluding carboxylic acids is 2. The van der Waals surface area contributed by atoms with Gasteiger partial charge in [0, 0.05) is 58.6 Å². The van der Waals surface area contributed by atoms with Gasteiger partial charge in [0.05, 0.1) is 16.7 Å². The molecule has 0 fully saturated rings. The lowest BCUT2D eigenvalue weighted by Gasteiger charge is -2.18. The molecule has 0 aliphatic heterocycles. The van der Waals surface area contributed by atoms with Gasteiger partial charge < -0.3 is 11.5 Å². The number of halogens is 4. The van der Waals surface area contributed by atoms with E-state index in [-0.39, 0.29) is 6.04 Å². The van der Waals surface area contributed by atoms with Crippen molar-refractivity contribution in [2.45, 2.75) is 19.9 Å². The highest BCUT2D eigenvalue weighted by Crippen LogP contribution is 2.37. The molecule has 1 aliphatic carbocycles. The molecule has 0 bridgehead atoms. The van der Waals surface area contributed by atoms with Crippen LogP contribution in [0.25, 0.3) is 43.7 Å². The van der Waals surface area contributed by atoms with Crippen LogP contribution in [0.2, 0.25) is 0 Å². The van der Waals surface area contributed by atoms with Crippen LogP contribution in [0.5, 0.6) is 0 Å². The molecule has 0 amide bonds. The lowest BCUT2D eigenvalue weighted by molar-refractivity contribution is 0.0815. The number of aromatic nitrogens is 2. The summed E-state index contributed by atoms with van der Waals surface area (Å²) in [5.74, 6) is -0.875. The summed E-state index contributed by atoms with van der Waals surface area (Å²) in [5, 5.41) is 4.64. The first kappa shape index (κ1) is 32.5. The second kappa shape index (κ2) is 13.6. The van der Waals surface area contributed by atoms with Gasteiger partial charge in [-0.25, -0.2) is 4.98 Å². The monoisotopic (exact) mass is 838 g/mol. The predicted octanol–water partition coefficient (Wildman–Crippen LogP) is 9.32. The van der Waals surface area contributed by atoms with Crippen molar-refractivity contribution in [2.75, 3.05) is 6.54 Å². The Labute approximate surface area is 288 Å². The smallest absolute Gasteiger partial charge is 0.234 e. The number of aryl methyl sites for hydroxylation is 1. The number of benzene rings is 5. The normalized spacial score (nSPS) is 12.6. The van der Waals surface area contributed by atoms with E-state index < -0.39 is 11.6 Å². The number of nitrogens with two attached hydrogens (primary N) is 2. The molecule has 0 radical (unpaired) electrons. The standard InChI is InChI=1S/C17H10Br2N2.C14H6Br2O2.C3H10N2/c1-9-8-20-16-12-4-2-10(18)6-14(12)15-7-11(19)3-5-13(15)17(16)21-9;15-7-1-3-9-11(5-7)12-6-8(16)2-4-10(12)14(18)13(9)17;1-3(5)2-4/h2-8H,1H3;1-6H;3H,2,4-5H2,1H3. The molecule has 5 aromatic carbocycles. The Bertz CT molecular complexity index is 2040. The molecule has 222 valence electrons. The van der Waals surface area contributed by atoms with Crippen molar-refractivity contribution >= 4 is 108 Å². The molecule has 1 aromatic heterocycles. The zero-order valence-corrected chi connectivity index (χ0v) is 30.0. The van der Waals surface area contributed by atoms with Crippen LogP contribution in [0.3, 0.4) is 0 Å². The summed E-state index contributed by atoms with van der Waals surface area (Å²) in [6, 6.07) is 23.4. The molecule has 0 saturated heterocycles. The summed E-state index contributed by atoms with van der Waals surface area (Å²) in [6.07, 6.45) is 1.83. The van der Waals surface area contributed by atoms with E-state index in [1.807, 2.05) is 38.2 Å². The Kier molecular flexibility index (Phi) is 10.1. The van der Waals surface area contributed by atoms with Crippen molar-refractivity contribution in [1.29, 1.82) is 0 Å². The molecule has 1 unspecified atom stereocenters. The van der Waals surface area contributed by atoms with Crippen molar-refractivity contribution in [1.82, 2.24) is 9.97 Å². The van der Waals surface area contributed by atoms with E-state index in [2.05, 4.69) is 99.0 Å². The number of ketones is 2. The van der Waals surface area contributed by atoms with Crippen molar-refractivity contribution in [3.05, 3.63) is 114 Å². The molecular formula is C34H26Br4N4O2.